The Morgan fingerprint density at radius 2 is 1.94 bits per heavy atom. The summed E-state index contributed by atoms with van der Waals surface area (Å²) in [7, 11) is 1.33. The number of alkyl halides is 1. The molecule has 1 aromatic carbocycles. The van der Waals surface area contributed by atoms with Gasteiger partial charge in [-0.1, -0.05) is 28.1 Å². The molecular formula is C12H13BrO3. The van der Waals surface area contributed by atoms with E-state index in [1.807, 2.05) is 0 Å². The van der Waals surface area contributed by atoms with Gasteiger partial charge in [0.05, 0.1) is 12.7 Å². The Labute approximate surface area is 103 Å². The van der Waals surface area contributed by atoms with Crippen molar-refractivity contribution in [2.75, 3.05) is 12.4 Å². The third kappa shape index (κ3) is 2.70. The summed E-state index contributed by atoms with van der Waals surface area (Å²) in [5, 5.41) is 0.619. The monoisotopic (exact) mass is 284 g/mol. The number of Topliss-reactive ketones (excluding diaryl/α,β-unsaturated/α-hetero) is 1. The molecule has 0 heterocycles. The van der Waals surface area contributed by atoms with Crippen molar-refractivity contribution in [1.82, 2.24) is 0 Å². The molecule has 86 valence electrons. The second kappa shape index (κ2) is 5.80. The normalized spacial score (nSPS) is 9.94. The Hall–Kier alpha value is -1.16. The van der Waals surface area contributed by atoms with Crippen molar-refractivity contribution in [3.05, 3.63) is 34.9 Å². The van der Waals surface area contributed by atoms with Crippen molar-refractivity contribution in [1.29, 1.82) is 0 Å². The maximum absolute atomic E-state index is 11.7. The number of carbonyl (C=O) groups is 2. The molecule has 0 fully saturated rings. The summed E-state index contributed by atoms with van der Waals surface area (Å²) in [5.41, 5.74) is 1.71. The fourth-order valence-electron chi connectivity index (χ4n) is 1.49. The molecule has 0 radical (unpaired) electrons. The lowest BCUT2D eigenvalue weighted by atomic mass is 9.98. The number of halogens is 1. The van der Waals surface area contributed by atoms with Gasteiger partial charge >= 0.3 is 5.97 Å². The molecule has 0 unspecified atom stereocenters. The van der Waals surface area contributed by atoms with Crippen LogP contribution in [0.15, 0.2) is 18.2 Å². The highest BCUT2D eigenvalue weighted by molar-refractivity contribution is 9.09. The summed E-state index contributed by atoms with van der Waals surface area (Å²) in [6, 6.07) is 5.08. The van der Waals surface area contributed by atoms with Crippen LogP contribution >= 0.6 is 15.9 Å². The average molecular weight is 285 g/mol. The SMILES string of the molecule is COC(=O)c1cccc(C(=O)CCBr)c1C. The molecule has 0 amide bonds. The molecule has 0 N–H and O–H groups in total. The van der Waals surface area contributed by atoms with Crippen LogP contribution < -0.4 is 0 Å². The second-order valence-electron chi connectivity index (χ2n) is 3.33. The van der Waals surface area contributed by atoms with Gasteiger partial charge in [-0.3, -0.25) is 4.79 Å². The first-order valence-corrected chi connectivity index (χ1v) is 6.01. The topological polar surface area (TPSA) is 43.4 Å². The minimum atomic E-state index is -0.411. The van der Waals surface area contributed by atoms with Gasteiger partial charge in [0, 0.05) is 17.3 Å². The highest BCUT2D eigenvalue weighted by Crippen LogP contribution is 2.16. The first-order valence-electron chi connectivity index (χ1n) is 4.89. The molecule has 0 aliphatic carbocycles. The van der Waals surface area contributed by atoms with E-state index in [2.05, 4.69) is 20.7 Å². The minimum Gasteiger partial charge on any atom is -0.465 e. The van der Waals surface area contributed by atoms with Crippen LogP contribution in [-0.2, 0) is 4.74 Å². The van der Waals surface area contributed by atoms with Crippen molar-refractivity contribution in [3.8, 4) is 0 Å². The van der Waals surface area contributed by atoms with Crippen molar-refractivity contribution >= 4 is 27.7 Å². The number of benzene rings is 1. The van der Waals surface area contributed by atoms with E-state index in [1.54, 1.807) is 25.1 Å². The van der Waals surface area contributed by atoms with Crippen molar-refractivity contribution in [2.24, 2.45) is 0 Å². The van der Waals surface area contributed by atoms with Gasteiger partial charge in [0.1, 0.15) is 0 Å². The van der Waals surface area contributed by atoms with Crippen LogP contribution in [0.25, 0.3) is 0 Å². The third-order valence-electron chi connectivity index (χ3n) is 2.36. The first-order chi connectivity index (χ1) is 7.61. The van der Waals surface area contributed by atoms with Crippen molar-refractivity contribution < 1.29 is 14.3 Å². The minimum absolute atomic E-state index is 0.0279. The fourth-order valence-corrected chi connectivity index (χ4v) is 1.85. The van der Waals surface area contributed by atoms with Crippen LogP contribution in [0.2, 0.25) is 0 Å². The maximum atomic E-state index is 11.7. The maximum Gasteiger partial charge on any atom is 0.338 e. The third-order valence-corrected chi connectivity index (χ3v) is 2.76. The Kier molecular flexibility index (Phi) is 4.68. The molecule has 0 spiro atoms. The van der Waals surface area contributed by atoms with E-state index >= 15 is 0 Å². The largest absolute Gasteiger partial charge is 0.465 e. The Morgan fingerprint density at radius 3 is 2.50 bits per heavy atom. The van der Waals surface area contributed by atoms with E-state index in [0.717, 1.165) is 0 Å². The van der Waals surface area contributed by atoms with Gasteiger partial charge < -0.3 is 4.74 Å². The van der Waals surface area contributed by atoms with Crippen molar-refractivity contribution in [3.63, 3.8) is 0 Å². The Balaban J connectivity index is 3.13. The van der Waals surface area contributed by atoms with Gasteiger partial charge in [-0.2, -0.15) is 0 Å². The molecule has 0 aromatic heterocycles. The number of ketones is 1. The van der Waals surface area contributed by atoms with E-state index in [9.17, 15) is 9.59 Å². The van der Waals surface area contributed by atoms with Crippen LogP contribution in [0, 0.1) is 6.92 Å². The van der Waals surface area contributed by atoms with E-state index in [1.165, 1.54) is 7.11 Å². The highest BCUT2D eigenvalue weighted by atomic mass is 79.9. The van der Waals surface area contributed by atoms with E-state index in [0.29, 0.717) is 28.4 Å². The quantitative estimate of drug-likeness (QED) is 0.485. The standard InChI is InChI=1S/C12H13BrO3/c1-8-9(11(14)6-7-13)4-3-5-10(8)12(15)16-2/h3-5H,6-7H2,1-2H3. The number of hydrogen-bond donors (Lipinski definition) is 0. The molecule has 1 aromatic rings. The van der Waals surface area contributed by atoms with Crippen LogP contribution in [0.5, 0.6) is 0 Å². The molecular weight excluding hydrogens is 272 g/mol. The summed E-state index contributed by atoms with van der Waals surface area (Å²) < 4.78 is 4.65. The molecule has 16 heavy (non-hydrogen) atoms. The predicted molar refractivity (Wildman–Crippen MR) is 65.3 cm³/mol. The summed E-state index contributed by atoms with van der Waals surface area (Å²) in [4.78, 5) is 23.2. The lowest BCUT2D eigenvalue weighted by Gasteiger charge is -2.08. The van der Waals surface area contributed by atoms with E-state index in [-0.39, 0.29) is 5.78 Å². The van der Waals surface area contributed by atoms with Crippen LogP contribution in [0.1, 0.15) is 32.7 Å². The Bertz CT molecular complexity index is 413. The van der Waals surface area contributed by atoms with Crippen LogP contribution in [0.4, 0.5) is 0 Å². The summed E-state index contributed by atoms with van der Waals surface area (Å²) in [6.07, 6.45) is 0.422. The van der Waals surface area contributed by atoms with Crippen molar-refractivity contribution in [2.45, 2.75) is 13.3 Å². The number of hydrogen-bond acceptors (Lipinski definition) is 3. The second-order valence-corrected chi connectivity index (χ2v) is 4.12. The number of methoxy groups -OCH3 is 1. The predicted octanol–water partition coefficient (Wildman–Crippen LogP) is 2.75. The molecule has 1 rings (SSSR count). The highest BCUT2D eigenvalue weighted by Gasteiger charge is 2.15. The number of rotatable bonds is 4. The van der Waals surface area contributed by atoms with Crippen LogP contribution in [-0.4, -0.2) is 24.2 Å². The lowest BCUT2D eigenvalue weighted by Crippen LogP contribution is -2.09. The van der Waals surface area contributed by atoms with E-state index in [4.69, 9.17) is 0 Å². The van der Waals surface area contributed by atoms with Gasteiger partial charge in [0.2, 0.25) is 0 Å². The number of esters is 1. The lowest BCUT2D eigenvalue weighted by molar-refractivity contribution is 0.0600. The molecule has 0 saturated heterocycles. The fraction of sp³-hybridized carbons (Fsp3) is 0.333. The number of carbonyl (C=O) groups excluding carboxylic acids is 2. The molecule has 0 atom stereocenters. The first kappa shape index (κ1) is 12.9. The van der Waals surface area contributed by atoms with Gasteiger partial charge in [0.25, 0.3) is 0 Å². The van der Waals surface area contributed by atoms with Gasteiger partial charge in [-0.25, -0.2) is 4.79 Å². The van der Waals surface area contributed by atoms with E-state index < -0.39 is 5.97 Å². The van der Waals surface area contributed by atoms with Gasteiger partial charge in [-0.15, -0.1) is 0 Å². The molecule has 3 nitrogen and oxygen atoms in total. The molecule has 0 aliphatic rings. The number of ether oxygens (including phenoxy) is 1. The molecule has 0 aliphatic heterocycles. The molecule has 4 heteroatoms. The zero-order chi connectivity index (χ0) is 12.1. The van der Waals surface area contributed by atoms with Gasteiger partial charge in [-0.05, 0) is 18.6 Å². The molecule has 0 bridgehead atoms. The van der Waals surface area contributed by atoms with Gasteiger partial charge in [0.15, 0.2) is 5.78 Å². The molecule has 0 saturated carbocycles. The summed E-state index contributed by atoms with van der Waals surface area (Å²) in [5.74, 6) is -0.383. The smallest absolute Gasteiger partial charge is 0.338 e. The zero-order valence-corrected chi connectivity index (χ0v) is 10.8. The van der Waals surface area contributed by atoms with Crippen LogP contribution in [0.3, 0.4) is 0 Å². The summed E-state index contributed by atoms with van der Waals surface area (Å²) >= 11 is 3.22. The summed E-state index contributed by atoms with van der Waals surface area (Å²) in [6.45, 7) is 1.76. The Morgan fingerprint density at radius 1 is 1.31 bits per heavy atom. The zero-order valence-electron chi connectivity index (χ0n) is 9.25. The average Bonchev–Trinajstić information content (AvgIpc) is 2.28.